The molecule has 0 radical (unpaired) electrons. The Morgan fingerprint density at radius 1 is 1.08 bits per heavy atom. The van der Waals surface area contributed by atoms with Gasteiger partial charge >= 0.3 is 0 Å². The zero-order valence-electron chi connectivity index (χ0n) is 20.8. The van der Waals surface area contributed by atoms with E-state index in [4.69, 9.17) is 4.74 Å². The highest BCUT2D eigenvalue weighted by Crippen LogP contribution is 2.34. The normalized spacial score (nSPS) is 24.8. The number of nitrogens with one attached hydrogen (secondary N) is 1. The highest BCUT2D eigenvalue weighted by Gasteiger charge is 2.38. The number of benzene rings is 1. The maximum atomic E-state index is 9.54. The van der Waals surface area contributed by atoms with Gasteiger partial charge in [-0.15, -0.1) is 0 Å². The van der Waals surface area contributed by atoms with Gasteiger partial charge in [0.15, 0.2) is 0 Å². The Labute approximate surface area is 212 Å². The summed E-state index contributed by atoms with van der Waals surface area (Å²) in [5, 5.41) is 14.0. The molecule has 3 aliphatic heterocycles. The molecule has 36 heavy (non-hydrogen) atoms. The van der Waals surface area contributed by atoms with Crippen LogP contribution in [0.1, 0.15) is 25.3 Å². The van der Waals surface area contributed by atoms with Gasteiger partial charge in [0.05, 0.1) is 29.2 Å². The van der Waals surface area contributed by atoms with Crippen molar-refractivity contribution in [1.82, 2.24) is 20.2 Å². The van der Waals surface area contributed by atoms with Crippen molar-refractivity contribution in [3.8, 4) is 11.8 Å². The standard InChI is InChI=1S/C28H33N7O/c1-20-18-34(27-5-4-21(15-29)28-26(27)3-2-7-32-28)19-23-14-24(6-10-35(20)23)36-25-13-22(16-31-17-25)33-11-8-30-9-12-33/h2-5,7,13,16-17,20,23-24,30H,6,8-12,14,18-19H2,1H3/t20-,23+,24+/m1/s1. The Hall–Kier alpha value is -3.41. The highest BCUT2D eigenvalue weighted by atomic mass is 16.5. The number of hydrogen-bond donors (Lipinski definition) is 1. The number of ether oxygens (including phenoxy) is 1. The maximum Gasteiger partial charge on any atom is 0.140 e. The third-order valence-corrected chi connectivity index (χ3v) is 7.89. The minimum absolute atomic E-state index is 0.179. The van der Waals surface area contributed by atoms with Crippen molar-refractivity contribution in [3.63, 3.8) is 0 Å². The van der Waals surface area contributed by atoms with E-state index in [1.807, 2.05) is 24.5 Å². The number of piperidine rings is 1. The molecule has 8 heteroatoms. The largest absolute Gasteiger partial charge is 0.489 e. The topological polar surface area (TPSA) is 80.5 Å². The zero-order valence-corrected chi connectivity index (χ0v) is 20.8. The van der Waals surface area contributed by atoms with Crippen LogP contribution in [0.25, 0.3) is 10.9 Å². The summed E-state index contributed by atoms with van der Waals surface area (Å²) in [5.41, 5.74) is 3.72. The fourth-order valence-electron chi connectivity index (χ4n) is 6.13. The van der Waals surface area contributed by atoms with Gasteiger partial charge in [-0.2, -0.15) is 5.26 Å². The number of anilines is 2. The molecule has 6 rings (SSSR count). The first-order chi connectivity index (χ1) is 17.7. The van der Waals surface area contributed by atoms with Crippen LogP contribution in [-0.2, 0) is 0 Å². The molecule has 0 unspecified atom stereocenters. The number of piperazine rings is 2. The minimum Gasteiger partial charge on any atom is -0.489 e. The molecule has 0 saturated carbocycles. The number of nitrogens with zero attached hydrogens (tertiary/aromatic N) is 6. The first-order valence-electron chi connectivity index (χ1n) is 13.1. The Morgan fingerprint density at radius 2 is 1.97 bits per heavy atom. The number of nitriles is 1. The van der Waals surface area contributed by atoms with Crippen LogP contribution < -0.4 is 19.9 Å². The SMILES string of the molecule is C[C@@H]1CN(c2ccc(C#N)c3ncccc23)C[C@@H]2C[C@@H](Oc3cncc(N4CCNCC4)c3)CCN21. The van der Waals surface area contributed by atoms with Gasteiger partial charge in [0, 0.05) is 87.7 Å². The molecule has 8 nitrogen and oxygen atoms in total. The van der Waals surface area contributed by atoms with Crippen molar-refractivity contribution in [2.24, 2.45) is 0 Å². The second-order valence-corrected chi connectivity index (χ2v) is 10.2. The Morgan fingerprint density at radius 3 is 2.83 bits per heavy atom. The molecule has 0 amide bonds. The van der Waals surface area contributed by atoms with Crippen molar-refractivity contribution in [2.75, 3.05) is 55.6 Å². The van der Waals surface area contributed by atoms with Gasteiger partial charge in [-0.3, -0.25) is 14.9 Å². The molecule has 3 atom stereocenters. The second-order valence-electron chi connectivity index (χ2n) is 10.2. The van der Waals surface area contributed by atoms with Gasteiger partial charge in [0.1, 0.15) is 17.9 Å². The lowest BCUT2D eigenvalue weighted by Crippen LogP contribution is -2.61. The quantitative estimate of drug-likeness (QED) is 0.607. The monoisotopic (exact) mass is 483 g/mol. The summed E-state index contributed by atoms with van der Waals surface area (Å²) < 4.78 is 6.52. The molecule has 5 heterocycles. The second kappa shape index (κ2) is 9.92. The minimum atomic E-state index is 0.179. The lowest BCUT2D eigenvalue weighted by Gasteiger charge is -2.50. The molecule has 0 spiro atoms. The highest BCUT2D eigenvalue weighted by molar-refractivity contribution is 5.95. The summed E-state index contributed by atoms with van der Waals surface area (Å²) >= 11 is 0. The van der Waals surface area contributed by atoms with Gasteiger partial charge in [-0.05, 0) is 37.6 Å². The first-order valence-corrected chi connectivity index (χ1v) is 13.1. The summed E-state index contributed by atoms with van der Waals surface area (Å²) in [6.45, 7) is 9.29. The fraction of sp³-hybridized carbons (Fsp3) is 0.464. The molecule has 0 bridgehead atoms. The summed E-state index contributed by atoms with van der Waals surface area (Å²) in [6.07, 6.45) is 7.76. The van der Waals surface area contributed by atoms with Crippen LogP contribution in [0.15, 0.2) is 48.9 Å². The van der Waals surface area contributed by atoms with Crippen molar-refractivity contribution in [2.45, 2.75) is 38.0 Å². The first kappa shape index (κ1) is 23.0. The van der Waals surface area contributed by atoms with Gasteiger partial charge < -0.3 is 19.9 Å². The van der Waals surface area contributed by atoms with Crippen molar-refractivity contribution >= 4 is 22.3 Å². The van der Waals surface area contributed by atoms with Gasteiger partial charge in [-0.1, -0.05) is 0 Å². The van der Waals surface area contributed by atoms with Crippen LogP contribution in [-0.4, -0.2) is 78.9 Å². The van der Waals surface area contributed by atoms with E-state index < -0.39 is 0 Å². The van der Waals surface area contributed by atoms with Crippen molar-refractivity contribution in [1.29, 1.82) is 5.26 Å². The van der Waals surface area contributed by atoms with Crippen LogP contribution in [0.4, 0.5) is 11.4 Å². The van der Waals surface area contributed by atoms with Gasteiger partial charge in [0.25, 0.3) is 0 Å². The van der Waals surface area contributed by atoms with E-state index in [0.717, 1.165) is 81.0 Å². The summed E-state index contributed by atoms with van der Waals surface area (Å²) in [5.74, 6) is 0.870. The fourth-order valence-corrected chi connectivity index (χ4v) is 6.13. The Balaban J connectivity index is 1.18. The number of pyridine rings is 2. The van der Waals surface area contributed by atoms with Crippen LogP contribution in [0.5, 0.6) is 5.75 Å². The number of aromatic nitrogens is 2. The average molecular weight is 484 g/mol. The third-order valence-electron chi connectivity index (χ3n) is 7.89. The molecule has 3 saturated heterocycles. The molecule has 1 aromatic carbocycles. The van der Waals surface area contributed by atoms with Crippen molar-refractivity contribution in [3.05, 3.63) is 54.5 Å². The van der Waals surface area contributed by atoms with E-state index in [9.17, 15) is 5.26 Å². The maximum absolute atomic E-state index is 9.54. The average Bonchev–Trinajstić information content (AvgIpc) is 2.93. The molecular formula is C28H33N7O. The van der Waals surface area contributed by atoms with Gasteiger partial charge in [0.2, 0.25) is 0 Å². The summed E-state index contributed by atoms with van der Waals surface area (Å²) in [7, 11) is 0. The van der Waals surface area contributed by atoms with Crippen LogP contribution in [0, 0.1) is 11.3 Å². The summed E-state index contributed by atoms with van der Waals surface area (Å²) in [6, 6.07) is 13.3. The molecular weight excluding hydrogens is 450 g/mol. The lowest BCUT2D eigenvalue weighted by atomic mass is 9.93. The van der Waals surface area contributed by atoms with Crippen LogP contribution in [0.3, 0.4) is 0 Å². The van der Waals surface area contributed by atoms with E-state index in [0.29, 0.717) is 17.6 Å². The predicted molar refractivity (Wildman–Crippen MR) is 142 cm³/mol. The zero-order chi connectivity index (χ0) is 24.5. The Kier molecular flexibility index (Phi) is 6.34. The molecule has 186 valence electrons. The molecule has 3 aromatic rings. The smallest absolute Gasteiger partial charge is 0.140 e. The van der Waals surface area contributed by atoms with E-state index in [-0.39, 0.29) is 6.10 Å². The number of hydrogen-bond acceptors (Lipinski definition) is 8. The molecule has 3 aliphatic rings. The lowest BCUT2D eigenvalue weighted by molar-refractivity contribution is 0.0237. The summed E-state index contributed by atoms with van der Waals surface area (Å²) in [4.78, 5) is 16.5. The number of rotatable bonds is 4. The Bertz CT molecular complexity index is 1270. The van der Waals surface area contributed by atoms with E-state index >= 15 is 0 Å². The van der Waals surface area contributed by atoms with Crippen molar-refractivity contribution < 1.29 is 4.74 Å². The number of fused-ring (bicyclic) bond motifs is 2. The van der Waals surface area contributed by atoms with E-state index in [1.165, 1.54) is 5.69 Å². The van der Waals surface area contributed by atoms with Gasteiger partial charge in [-0.25, -0.2) is 0 Å². The van der Waals surface area contributed by atoms with Crippen LogP contribution >= 0.6 is 0 Å². The predicted octanol–water partition coefficient (Wildman–Crippen LogP) is 3.03. The molecule has 2 aromatic heterocycles. The van der Waals surface area contributed by atoms with Crippen LogP contribution in [0.2, 0.25) is 0 Å². The van der Waals surface area contributed by atoms with E-state index in [2.05, 4.69) is 61.2 Å². The third kappa shape index (κ3) is 4.45. The molecule has 0 aliphatic carbocycles. The molecule has 1 N–H and O–H groups in total. The van der Waals surface area contributed by atoms with E-state index in [1.54, 1.807) is 6.20 Å². The molecule has 3 fully saturated rings.